The summed E-state index contributed by atoms with van der Waals surface area (Å²) >= 11 is 14.1. The summed E-state index contributed by atoms with van der Waals surface area (Å²) < 4.78 is 27.9. The molecule has 1 N–H and O–H groups in total. The number of nitrogens with one attached hydrogen (secondary N) is 1. The summed E-state index contributed by atoms with van der Waals surface area (Å²) in [7, 11) is -3.98. The Balaban J connectivity index is 1.68. The van der Waals surface area contributed by atoms with E-state index in [0.717, 1.165) is 26.7 Å². The molecule has 3 rings (SSSR count). The lowest BCUT2D eigenvalue weighted by Crippen LogP contribution is -2.41. The van der Waals surface area contributed by atoms with Gasteiger partial charge in [0.1, 0.15) is 6.54 Å². The molecule has 0 saturated heterocycles. The first-order valence-electron chi connectivity index (χ1n) is 10.6. The minimum absolute atomic E-state index is 0.109. The molecule has 1 amide bonds. The average Bonchev–Trinajstić information content (AvgIpc) is 2.80. The standard InChI is InChI=1S/C25H26Cl2N2O3S2/c1-18-7-11-22(12-8-18)34(31,32)29(21-10-9-19(2)24(27)15-21)16-25(30)28-13-14-33-17-20-5-3-4-6-23(20)26/h3-12,15H,13-14,16-17H2,1-2H3,(H,28,30). The van der Waals surface area contributed by atoms with Crippen molar-refractivity contribution in [3.63, 3.8) is 0 Å². The zero-order valence-electron chi connectivity index (χ0n) is 18.9. The maximum absolute atomic E-state index is 13.4. The number of aryl methyl sites for hydroxylation is 2. The van der Waals surface area contributed by atoms with E-state index >= 15 is 0 Å². The summed E-state index contributed by atoms with van der Waals surface area (Å²) in [6.07, 6.45) is 0. The van der Waals surface area contributed by atoms with E-state index in [0.29, 0.717) is 28.0 Å². The van der Waals surface area contributed by atoms with Gasteiger partial charge in [0.05, 0.1) is 10.6 Å². The van der Waals surface area contributed by atoms with Crippen LogP contribution in [-0.4, -0.2) is 33.2 Å². The first kappa shape index (κ1) is 26.4. The average molecular weight is 538 g/mol. The Bertz CT molecular complexity index is 1250. The lowest BCUT2D eigenvalue weighted by atomic mass is 10.2. The summed E-state index contributed by atoms with van der Waals surface area (Å²) in [5.41, 5.74) is 3.13. The Kier molecular flexibility index (Phi) is 9.31. The van der Waals surface area contributed by atoms with Gasteiger partial charge in [0.25, 0.3) is 10.0 Å². The third kappa shape index (κ3) is 6.92. The van der Waals surface area contributed by atoms with Gasteiger partial charge in [-0.1, -0.05) is 65.2 Å². The van der Waals surface area contributed by atoms with E-state index in [1.165, 1.54) is 12.1 Å². The summed E-state index contributed by atoms with van der Waals surface area (Å²) in [6, 6.07) is 19.1. The largest absolute Gasteiger partial charge is 0.354 e. The van der Waals surface area contributed by atoms with Crippen LogP contribution in [0, 0.1) is 13.8 Å². The van der Waals surface area contributed by atoms with Gasteiger partial charge in [-0.2, -0.15) is 11.8 Å². The van der Waals surface area contributed by atoms with Crippen molar-refractivity contribution < 1.29 is 13.2 Å². The van der Waals surface area contributed by atoms with Crippen molar-refractivity contribution in [1.29, 1.82) is 0 Å². The maximum Gasteiger partial charge on any atom is 0.264 e. The molecule has 34 heavy (non-hydrogen) atoms. The van der Waals surface area contributed by atoms with Gasteiger partial charge in [-0.15, -0.1) is 0 Å². The Morgan fingerprint density at radius 3 is 2.35 bits per heavy atom. The van der Waals surface area contributed by atoms with E-state index in [2.05, 4.69) is 5.32 Å². The summed E-state index contributed by atoms with van der Waals surface area (Å²) in [6.45, 7) is 3.76. The lowest BCUT2D eigenvalue weighted by molar-refractivity contribution is -0.119. The molecule has 0 saturated carbocycles. The van der Waals surface area contributed by atoms with Crippen molar-refractivity contribution in [2.45, 2.75) is 24.5 Å². The van der Waals surface area contributed by atoms with Crippen LogP contribution in [0.25, 0.3) is 0 Å². The Labute approximate surface area is 215 Å². The summed E-state index contributed by atoms with van der Waals surface area (Å²) in [5.74, 6) is 0.995. The van der Waals surface area contributed by atoms with Crippen molar-refractivity contribution in [2.75, 3.05) is 23.1 Å². The third-order valence-electron chi connectivity index (χ3n) is 5.12. The van der Waals surface area contributed by atoms with Gasteiger partial charge >= 0.3 is 0 Å². The number of benzene rings is 3. The highest BCUT2D eigenvalue weighted by Gasteiger charge is 2.27. The van der Waals surface area contributed by atoms with E-state index in [9.17, 15) is 13.2 Å². The molecule has 180 valence electrons. The van der Waals surface area contributed by atoms with Crippen molar-refractivity contribution in [2.24, 2.45) is 0 Å². The Morgan fingerprint density at radius 2 is 1.68 bits per heavy atom. The molecule has 0 bridgehead atoms. The Morgan fingerprint density at radius 1 is 0.971 bits per heavy atom. The number of carbonyl (C=O) groups is 1. The number of hydrogen-bond donors (Lipinski definition) is 1. The summed E-state index contributed by atoms with van der Waals surface area (Å²) in [4.78, 5) is 12.8. The number of anilines is 1. The van der Waals surface area contributed by atoms with Crippen LogP contribution in [0.2, 0.25) is 10.0 Å². The van der Waals surface area contributed by atoms with Crippen LogP contribution in [-0.2, 0) is 20.6 Å². The number of halogens is 2. The van der Waals surface area contributed by atoms with Gasteiger partial charge in [0.15, 0.2) is 0 Å². The van der Waals surface area contributed by atoms with Gasteiger partial charge in [-0.25, -0.2) is 8.42 Å². The van der Waals surface area contributed by atoms with Crippen LogP contribution in [0.5, 0.6) is 0 Å². The number of thioether (sulfide) groups is 1. The predicted molar refractivity (Wildman–Crippen MR) is 143 cm³/mol. The van der Waals surface area contributed by atoms with E-state index in [1.54, 1.807) is 42.1 Å². The first-order chi connectivity index (χ1) is 16.2. The predicted octanol–water partition coefficient (Wildman–Crippen LogP) is 5.86. The SMILES string of the molecule is Cc1ccc(S(=O)(=O)N(CC(=O)NCCSCc2ccccc2Cl)c2ccc(C)c(Cl)c2)cc1. The number of nitrogens with zero attached hydrogens (tertiary/aromatic N) is 1. The van der Waals surface area contributed by atoms with Crippen molar-refractivity contribution in [3.05, 3.63) is 93.5 Å². The van der Waals surface area contributed by atoms with Crippen LogP contribution in [0.15, 0.2) is 71.6 Å². The second-order valence-electron chi connectivity index (χ2n) is 7.75. The van der Waals surface area contributed by atoms with Gasteiger partial charge in [-0.3, -0.25) is 9.10 Å². The monoisotopic (exact) mass is 536 g/mol. The highest BCUT2D eigenvalue weighted by molar-refractivity contribution is 7.98. The van der Waals surface area contributed by atoms with Gasteiger partial charge in [0, 0.05) is 28.1 Å². The molecule has 0 aliphatic carbocycles. The highest BCUT2D eigenvalue weighted by Crippen LogP contribution is 2.28. The molecule has 0 spiro atoms. The lowest BCUT2D eigenvalue weighted by Gasteiger charge is -2.24. The van der Waals surface area contributed by atoms with Gasteiger partial charge in [0.2, 0.25) is 5.91 Å². The van der Waals surface area contributed by atoms with Crippen molar-refractivity contribution >= 4 is 56.6 Å². The molecule has 3 aromatic rings. The quantitative estimate of drug-likeness (QED) is 0.329. The molecule has 0 heterocycles. The van der Waals surface area contributed by atoms with Crippen LogP contribution in [0.1, 0.15) is 16.7 Å². The zero-order chi connectivity index (χ0) is 24.7. The molecule has 0 radical (unpaired) electrons. The second-order valence-corrected chi connectivity index (χ2v) is 11.5. The molecule has 0 aromatic heterocycles. The molecule has 0 aliphatic heterocycles. The van der Waals surface area contributed by atoms with Crippen LogP contribution >= 0.6 is 35.0 Å². The van der Waals surface area contributed by atoms with Crippen molar-refractivity contribution in [3.8, 4) is 0 Å². The first-order valence-corrected chi connectivity index (χ1v) is 14.0. The minimum atomic E-state index is -3.98. The second kappa shape index (κ2) is 12.0. The molecular formula is C25H26Cl2N2O3S2. The highest BCUT2D eigenvalue weighted by atomic mass is 35.5. The molecule has 5 nitrogen and oxygen atoms in total. The number of carbonyl (C=O) groups excluding carboxylic acids is 1. The van der Waals surface area contributed by atoms with E-state index < -0.39 is 15.9 Å². The zero-order valence-corrected chi connectivity index (χ0v) is 22.1. The molecule has 0 aliphatic rings. The third-order valence-corrected chi connectivity index (χ3v) is 8.70. The number of amides is 1. The van der Waals surface area contributed by atoms with Crippen LogP contribution in [0.3, 0.4) is 0 Å². The number of hydrogen-bond acceptors (Lipinski definition) is 4. The van der Waals surface area contributed by atoms with E-state index in [4.69, 9.17) is 23.2 Å². The fraction of sp³-hybridized carbons (Fsp3) is 0.240. The number of rotatable bonds is 10. The fourth-order valence-corrected chi connectivity index (χ4v) is 5.87. The number of sulfonamides is 1. The van der Waals surface area contributed by atoms with Crippen molar-refractivity contribution in [1.82, 2.24) is 5.32 Å². The Hall–Kier alpha value is -2.19. The normalized spacial score (nSPS) is 11.3. The van der Waals surface area contributed by atoms with Crippen LogP contribution in [0.4, 0.5) is 5.69 Å². The topological polar surface area (TPSA) is 66.5 Å². The molecular weight excluding hydrogens is 511 g/mol. The molecule has 0 fully saturated rings. The van der Waals surface area contributed by atoms with Gasteiger partial charge < -0.3 is 5.32 Å². The maximum atomic E-state index is 13.4. The van der Waals surface area contributed by atoms with Crippen LogP contribution < -0.4 is 9.62 Å². The van der Waals surface area contributed by atoms with Gasteiger partial charge in [-0.05, 0) is 55.3 Å². The fourth-order valence-electron chi connectivity index (χ4n) is 3.14. The van der Waals surface area contributed by atoms with E-state index in [-0.39, 0.29) is 11.4 Å². The summed E-state index contributed by atoms with van der Waals surface area (Å²) in [5, 5.41) is 3.95. The molecule has 3 aromatic carbocycles. The molecule has 9 heteroatoms. The molecule has 0 atom stereocenters. The van der Waals surface area contributed by atoms with E-state index in [1.807, 2.05) is 38.1 Å². The minimum Gasteiger partial charge on any atom is -0.354 e. The smallest absolute Gasteiger partial charge is 0.264 e. The molecule has 0 unspecified atom stereocenters.